The number of aromatic nitrogens is 3. The van der Waals surface area contributed by atoms with E-state index in [4.69, 9.17) is 4.74 Å². The number of benzene rings is 4. The summed E-state index contributed by atoms with van der Waals surface area (Å²) in [6.07, 6.45) is 0. The molecule has 0 bridgehead atoms. The number of methoxy groups -OCH3 is 1. The minimum absolute atomic E-state index is 0.175. The predicted molar refractivity (Wildman–Crippen MR) is 125 cm³/mol. The number of amides is 1. The van der Waals surface area contributed by atoms with Crippen LogP contribution in [0.25, 0.3) is 27.8 Å². The van der Waals surface area contributed by atoms with Gasteiger partial charge in [0.15, 0.2) is 0 Å². The van der Waals surface area contributed by atoms with Crippen molar-refractivity contribution in [1.82, 2.24) is 15.0 Å². The third kappa shape index (κ3) is 3.94. The van der Waals surface area contributed by atoms with E-state index in [0.29, 0.717) is 16.8 Å². The van der Waals surface area contributed by atoms with E-state index >= 15 is 0 Å². The molecule has 1 amide bonds. The van der Waals surface area contributed by atoms with Crippen molar-refractivity contribution in [3.05, 3.63) is 103 Å². The molecule has 6 nitrogen and oxygen atoms in total. The number of carbonyl (C=O) groups is 1. The van der Waals surface area contributed by atoms with E-state index < -0.39 is 0 Å². The molecule has 0 aliphatic carbocycles. The molecule has 32 heavy (non-hydrogen) atoms. The van der Waals surface area contributed by atoms with Crippen molar-refractivity contribution in [3.63, 3.8) is 0 Å². The van der Waals surface area contributed by atoms with Crippen LogP contribution in [-0.2, 0) is 0 Å². The highest BCUT2D eigenvalue weighted by Gasteiger charge is 2.10. The summed E-state index contributed by atoms with van der Waals surface area (Å²) in [5.74, 6) is 0.596. The minimum Gasteiger partial charge on any atom is -0.497 e. The highest BCUT2D eigenvalue weighted by atomic mass is 16.5. The molecule has 0 fully saturated rings. The minimum atomic E-state index is -0.175. The Morgan fingerprint density at radius 1 is 0.781 bits per heavy atom. The molecule has 5 rings (SSSR count). The van der Waals surface area contributed by atoms with Crippen molar-refractivity contribution in [2.75, 3.05) is 12.4 Å². The van der Waals surface area contributed by atoms with Crippen molar-refractivity contribution >= 4 is 22.6 Å². The van der Waals surface area contributed by atoms with Crippen molar-refractivity contribution in [3.8, 4) is 22.6 Å². The molecular formula is C26H20N4O2. The van der Waals surface area contributed by atoms with Gasteiger partial charge in [0.2, 0.25) is 0 Å². The molecule has 4 aromatic carbocycles. The first-order chi connectivity index (χ1) is 15.7. The molecule has 1 aromatic heterocycles. The van der Waals surface area contributed by atoms with Crippen LogP contribution in [-0.4, -0.2) is 28.0 Å². The van der Waals surface area contributed by atoms with Gasteiger partial charge in [-0.3, -0.25) is 4.79 Å². The van der Waals surface area contributed by atoms with Crippen LogP contribution in [0.5, 0.6) is 5.75 Å². The fourth-order valence-corrected chi connectivity index (χ4v) is 3.47. The SMILES string of the molecule is COc1ccc(-n2nc3ccc(NC(=O)c4ccc(-c5ccccc5)cc4)cc3n2)cc1. The van der Waals surface area contributed by atoms with Crippen LogP contribution in [0, 0.1) is 0 Å². The standard InChI is InChI=1S/C26H20N4O2/c1-32-23-14-12-22(13-15-23)30-28-24-16-11-21(17-25(24)29-30)27-26(31)20-9-7-19(8-10-20)18-5-3-2-4-6-18/h2-17H,1H3,(H,27,31). The number of ether oxygens (including phenoxy) is 1. The van der Waals surface area contributed by atoms with Crippen LogP contribution in [0.1, 0.15) is 10.4 Å². The first kappa shape index (κ1) is 19.5. The first-order valence-corrected chi connectivity index (χ1v) is 10.2. The molecule has 0 saturated carbocycles. The van der Waals surface area contributed by atoms with E-state index in [0.717, 1.165) is 28.1 Å². The van der Waals surface area contributed by atoms with Crippen molar-refractivity contribution < 1.29 is 9.53 Å². The number of nitrogens with zero attached hydrogens (tertiary/aromatic N) is 3. The Kier molecular flexibility index (Phi) is 5.09. The lowest BCUT2D eigenvalue weighted by Gasteiger charge is -2.06. The molecule has 0 spiro atoms. The summed E-state index contributed by atoms with van der Waals surface area (Å²) in [5, 5.41) is 12.0. The van der Waals surface area contributed by atoms with Crippen LogP contribution >= 0.6 is 0 Å². The molecule has 0 atom stereocenters. The molecule has 0 radical (unpaired) electrons. The number of carbonyl (C=O) groups excluding carboxylic acids is 1. The molecule has 0 aliphatic heterocycles. The highest BCUT2D eigenvalue weighted by molar-refractivity contribution is 6.05. The smallest absolute Gasteiger partial charge is 0.255 e. The summed E-state index contributed by atoms with van der Waals surface area (Å²) in [6, 6.07) is 30.6. The molecular weight excluding hydrogens is 400 g/mol. The van der Waals surface area contributed by atoms with E-state index in [1.54, 1.807) is 11.9 Å². The first-order valence-electron chi connectivity index (χ1n) is 10.2. The van der Waals surface area contributed by atoms with Gasteiger partial charge in [0, 0.05) is 11.3 Å². The van der Waals surface area contributed by atoms with Gasteiger partial charge in [0.25, 0.3) is 5.91 Å². The normalized spacial score (nSPS) is 10.8. The fraction of sp³-hybridized carbons (Fsp3) is 0.0385. The second-order valence-corrected chi connectivity index (χ2v) is 7.29. The van der Waals surface area contributed by atoms with Gasteiger partial charge in [0.05, 0.1) is 12.8 Å². The van der Waals surface area contributed by atoms with E-state index in [1.807, 2.05) is 97.1 Å². The summed E-state index contributed by atoms with van der Waals surface area (Å²) in [7, 11) is 1.63. The highest BCUT2D eigenvalue weighted by Crippen LogP contribution is 2.22. The lowest BCUT2D eigenvalue weighted by Crippen LogP contribution is -2.11. The Morgan fingerprint density at radius 2 is 1.47 bits per heavy atom. The number of nitrogens with one attached hydrogen (secondary N) is 1. The summed E-state index contributed by atoms with van der Waals surface area (Å²) in [4.78, 5) is 14.3. The van der Waals surface area contributed by atoms with Gasteiger partial charge in [-0.2, -0.15) is 4.80 Å². The number of hydrogen-bond acceptors (Lipinski definition) is 4. The van der Waals surface area contributed by atoms with Crippen LogP contribution in [0.2, 0.25) is 0 Å². The van der Waals surface area contributed by atoms with E-state index in [-0.39, 0.29) is 5.91 Å². The largest absolute Gasteiger partial charge is 0.497 e. The Morgan fingerprint density at radius 3 is 2.19 bits per heavy atom. The zero-order valence-electron chi connectivity index (χ0n) is 17.4. The van der Waals surface area contributed by atoms with Crippen LogP contribution in [0.3, 0.4) is 0 Å². The van der Waals surface area contributed by atoms with Gasteiger partial charge < -0.3 is 10.1 Å². The van der Waals surface area contributed by atoms with Gasteiger partial charge in [-0.1, -0.05) is 42.5 Å². The summed E-state index contributed by atoms with van der Waals surface area (Å²) >= 11 is 0. The van der Waals surface area contributed by atoms with Crippen LogP contribution in [0.15, 0.2) is 97.1 Å². The second kappa shape index (κ2) is 8.35. The van der Waals surface area contributed by atoms with Crippen LogP contribution < -0.4 is 10.1 Å². The van der Waals surface area contributed by atoms with Crippen molar-refractivity contribution in [1.29, 1.82) is 0 Å². The Balaban J connectivity index is 1.34. The van der Waals surface area contributed by atoms with Gasteiger partial charge in [-0.05, 0) is 65.7 Å². The fourth-order valence-electron chi connectivity index (χ4n) is 3.47. The predicted octanol–water partition coefficient (Wildman–Crippen LogP) is 5.35. The number of hydrogen-bond donors (Lipinski definition) is 1. The van der Waals surface area contributed by atoms with Crippen LogP contribution in [0.4, 0.5) is 5.69 Å². The third-order valence-corrected chi connectivity index (χ3v) is 5.20. The second-order valence-electron chi connectivity index (χ2n) is 7.29. The van der Waals surface area contributed by atoms with Gasteiger partial charge >= 0.3 is 0 Å². The summed E-state index contributed by atoms with van der Waals surface area (Å²) in [5.41, 5.74) is 5.70. The van der Waals surface area contributed by atoms with E-state index in [9.17, 15) is 4.79 Å². The summed E-state index contributed by atoms with van der Waals surface area (Å²) in [6.45, 7) is 0. The molecule has 1 N–H and O–H groups in total. The molecule has 6 heteroatoms. The monoisotopic (exact) mass is 420 g/mol. The maximum absolute atomic E-state index is 12.7. The summed E-state index contributed by atoms with van der Waals surface area (Å²) < 4.78 is 5.19. The molecule has 156 valence electrons. The molecule has 5 aromatic rings. The van der Waals surface area contributed by atoms with Gasteiger partial charge in [-0.15, -0.1) is 10.2 Å². The van der Waals surface area contributed by atoms with E-state index in [2.05, 4.69) is 15.5 Å². The topological polar surface area (TPSA) is 69.0 Å². The molecule has 0 saturated heterocycles. The zero-order valence-corrected chi connectivity index (χ0v) is 17.4. The van der Waals surface area contributed by atoms with Crippen molar-refractivity contribution in [2.45, 2.75) is 0 Å². The Hall–Kier alpha value is -4.45. The lowest BCUT2D eigenvalue weighted by molar-refractivity contribution is 0.102. The number of rotatable bonds is 5. The molecule has 0 unspecified atom stereocenters. The lowest BCUT2D eigenvalue weighted by atomic mass is 10.0. The average molecular weight is 420 g/mol. The third-order valence-electron chi connectivity index (χ3n) is 5.20. The number of anilines is 1. The van der Waals surface area contributed by atoms with E-state index in [1.165, 1.54) is 0 Å². The Labute approximate surface area is 185 Å². The Bertz CT molecular complexity index is 1380. The average Bonchev–Trinajstić information content (AvgIpc) is 3.28. The molecule has 0 aliphatic rings. The maximum Gasteiger partial charge on any atom is 0.255 e. The number of fused-ring (bicyclic) bond motifs is 1. The zero-order chi connectivity index (χ0) is 21.9. The van der Waals surface area contributed by atoms with Gasteiger partial charge in [0.1, 0.15) is 16.8 Å². The van der Waals surface area contributed by atoms with Gasteiger partial charge in [-0.25, -0.2) is 0 Å². The quantitative estimate of drug-likeness (QED) is 0.416. The van der Waals surface area contributed by atoms with Crippen molar-refractivity contribution in [2.24, 2.45) is 0 Å². The molecule has 1 heterocycles. The maximum atomic E-state index is 12.7.